The lowest BCUT2D eigenvalue weighted by molar-refractivity contribution is -0.143. The standard InChI is InChI=1S/C32H47N3O4/c1-5-23-14-21(3)16-26(17-22(4)15-23)34-24-10-9-11-25(34)19-27(18-24)35-31(37)28-12-7-8-13-29(28)33(32(35)38)20-30(36)39-6-2/h7-8,12-13,21-27H,5-6,9-11,14-20H2,1-4H3/t21-,22+,23?,24-,25+,26?,27?. The first-order chi connectivity index (χ1) is 18.8. The van der Waals surface area contributed by atoms with E-state index in [4.69, 9.17) is 4.74 Å². The fourth-order valence-corrected chi connectivity index (χ4v) is 8.37. The highest BCUT2D eigenvalue weighted by atomic mass is 16.5. The molecule has 3 fully saturated rings. The summed E-state index contributed by atoms with van der Waals surface area (Å²) >= 11 is 0. The van der Waals surface area contributed by atoms with E-state index < -0.39 is 5.97 Å². The van der Waals surface area contributed by atoms with Crippen LogP contribution in [0.25, 0.3) is 10.9 Å². The van der Waals surface area contributed by atoms with Crippen LogP contribution in [-0.2, 0) is 16.1 Å². The van der Waals surface area contributed by atoms with Gasteiger partial charge in [0.1, 0.15) is 6.54 Å². The van der Waals surface area contributed by atoms with Gasteiger partial charge in [0.25, 0.3) is 5.56 Å². The van der Waals surface area contributed by atoms with E-state index in [2.05, 4.69) is 25.7 Å². The third-order valence-electron chi connectivity index (χ3n) is 9.86. The number of hydrogen-bond donors (Lipinski definition) is 0. The summed E-state index contributed by atoms with van der Waals surface area (Å²) in [5.74, 6) is 1.84. The van der Waals surface area contributed by atoms with Gasteiger partial charge < -0.3 is 4.74 Å². The van der Waals surface area contributed by atoms with E-state index >= 15 is 0 Å². The molecule has 7 heteroatoms. The van der Waals surface area contributed by atoms with Gasteiger partial charge in [0.15, 0.2) is 0 Å². The van der Waals surface area contributed by atoms with E-state index in [9.17, 15) is 14.4 Å². The number of fused-ring (bicyclic) bond motifs is 3. The molecule has 5 rings (SSSR count). The largest absolute Gasteiger partial charge is 0.465 e. The molecule has 0 amide bonds. The molecule has 39 heavy (non-hydrogen) atoms. The van der Waals surface area contributed by atoms with Crippen LogP contribution < -0.4 is 11.2 Å². The first-order valence-electron chi connectivity index (χ1n) is 15.5. The Hall–Kier alpha value is -2.41. The van der Waals surface area contributed by atoms with Gasteiger partial charge >= 0.3 is 11.7 Å². The van der Waals surface area contributed by atoms with Gasteiger partial charge in [0.2, 0.25) is 0 Å². The Labute approximate surface area is 232 Å². The summed E-state index contributed by atoms with van der Waals surface area (Å²) in [6, 6.07) is 8.36. The smallest absolute Gasteiger partial charge is 0.332 e. The van der Waals surface area contributed by atoms with Crippen molar-refractivity contribution in [2.24, 2.45) is 17.8 Å². The summed E-state index contributed by atoms with van der Waals surface area (Å²) < 4.78 is 8.09. The number of hydrogen-bond acceptors (Lipinski definition) is 5. The molecule has 0 N–H and O–H groups in total. The molecule has 2 aromatic rings. The third-order valence-corrected chi connectivity index (χ3v) is 9.86. The Morgan fingerprint density at radius 1 is 0.872 bits per heavy atom. The number of carbonyl (C=O) groups is 1. The van der Waals surface area contributed by atoms with Gasteiger partial charge in [-0.2, -0.15) is 0 Å². The summed E-state index contributed by atoms with van der Waals surface area (Å²) in [6.07, 6.45) is 11.6. The first-order valence-corrected chi connectivity index (χ1v) is 15.5. The van der Waals surface area contributed by atoms with Crippen molar-refractivity contribution in [1.29, 1.82) is 0 Å². The van der Waals surface area contributed by atoms with E-state index in [1.54, 1.807) is 25.1 Å². The molecule has 2 bridgehead atoms. The highest BCUT2D eigenvalue weighted by Gasteiger charge is 2.44. The average Bonchev–Trinajstić information content (AvgIpc) is 2.89. The molecule has 0 radical (unpaired) electrons. The van der Waals surface area contributed by atoms with E-state index in [0.29, 0.717) is 29.0 Å². The number of piperidine rings is 2. The molecule has 214 valence electrons. The zero-order chi connectivity index (χ0) is 27.7. The lowest BCUT2D eigenvalue weighted by Gasteiger charge is -2.53. The molecule has 1 aromatic heterocycles. The second kappa shape index (κ2) is 12.0. The number of esters is 1. The molecule has 2 saturated heterocycles. The van der Waals surface area contributed by atoms with Gasteiger partial charge in [-0.3, -0.25) is 23.6 Å². The van der Waals surface area contributed by atoms with Gasteiger partial charge in [0, 0.05) is 24.2 Å². The maximum absolute atomic E-state index is 13.9. The quantitative estimate of drug-likeness (QED) is 0.454. The van der Waals surface area contributed by atoms with Crippen LogP contribution in [0.5, 0.6) is 0 Å². The summed E-state index contributed by atoms with van der Waals surface area (Å²) in [4.78, 5) is 42.9. The number of nitrogens with zero attached hydrogens (tertiary/aromatic N) is 3. The number of rotatable bonds is 6. The molecular weight excluding hydrogens is 490 g/mol. The monoisotopic (exact) mass is 537 g/mol. The maximum atomic E-state index is 13.9. The summed E-state index contributed by atoms with van der Waals surface area (Å²) in [5.41, 5.74) is -0.120. The van der Waals surface area contributed by atoms with Gasteiger partial charge in [-0.15, -0.1) is 0 Å². The highest BCUT2D eigenvalue weighted by Crippen LogP contribution is 2.43. The molecule has 1 aromatic carbocycles. The third kappa shape index (κ3) is 5.75. The summed E-state index contributed by atoms with van der Waals surface area (Å²) in [6.45, 7) is 9.05. The Morgan fingerprint density at radius 3 is 2.13 bits per heavy atom. The topological polar surface area (TPSA) is 73.5 Å². The van der Waals surface area contributed by atoms with Crippen LogP contribution in [0.15, 0.2) is 33.9 Å². The molecule has 3 aliphatic rings. The van der Waals surface area contributed by atoms with Crippen molar-refractivity contribution in [3.63, 3.8) is 0 Å². The summed E-state index contributed by atoms with van der Waals surface area (Å²) in [5, 5.41) is 0.488. The van der Waals surface area contributed by atoms with E-state index in [-0.39, 0.29) is 30.4 Å². The van der Waals surface area contributed by atoms with E-state index in [1.807, 2.05) is 6.07 Å². The molecule has 1 saturated carbocycles. The van der Waals surface area contributed by atoms with Crippen molar-refractivity contribution in [3.8, 4) is 0 Å². The molecule has 0 spiro atoms. The average molecular weight is 538 g/mol. The van der Waals surface area contributed by atoms with Crippen molar-refractivity contribution < 1.29 is 9.53 Å². The fourth-order valence-electron chi connectivity index (χ4n) is 8.37. The second-order valence-corrected chi connectivity index (χ2v) is 12.8. The van der Waals surface area contributed by atoms with Crippen LogP contribution in [0.4, 0.5) is 0 Å². The van der Waals surface area contributed by atoms with Crippen LogP contribution in [0.1, 0.15) is 97.9 Å². The minimum atomic E-state index is -0.459. The van der Waals surface area contributed by atoms with Crippen molar-refractivity contribution in [1.82, 2.24) is 14.0 Å². The molecule has 1 aliphatic carbocycles. The van der Waals surface area contributed by atoms with E-state index in [1.165, 1.54) is 47.7 Å². The number of para-hydroxylation sites is 1. The Bertz CT molecular complexity index is 1250. The number of aromatic nitrogens is 2. The SMILES string of the molecule is CCOC(=O)Cn1c(=O)n(C2C[C@H]3CCC[C@@H](C2)N3C2C[C@H](C)CC(CC)C[C@H](C)C2)c(=O)c2ccccc21. The zero-order valence-electron chi connectivity index (χ0n) is 24.3. The normalized spacial score (nSPS) is 31.9. The van der Waals surface area contributed by atoms with Gasteiger partial charge in [0.05, 0.1) is 17.5 Å². The van der Waals surface area contributed by atoms with Gasteiger partial charge in [-0.1, -0.05) is 45.7 Å². The van der Waals surface area contributed by atoms with Crippen molar-refractivity contribution in [2.75, 3.05) is 6.61 Å². The minimum absolute atomic E-state index is 0.150. The van der Waals surface area contributed by atoms with Crippen molar-refractivity contribution >= 4 is 16.9 Å². The highest BCUT2D eigenvalue weighted by molar-refractivity contribution is 5.80. The Kier molecular flexibility index (Phi) is 8.65. The lowest BCUT2D eigenvalue weighted by Crippen LogP contribution is -2.59. The lowest BCUT2D eigenvalue weighted by atomic mass is 9.74. The van der Waals surface area contributed by atoms with Crippen LogP contribution in [-0.4, -0.2) is 44.7 Å². The minimum Gasteiger partial charge on any atom is -0.465 e. The maximum Gasteiger partial charge on any atom is 0.332 e. The molecular formula is C32H47N3O4. The number of carbonyl (C=O) groups excluding carboxylic acids is 1. The van der Waals surface area contributed by atoms with Crippen LogP contribution in [0.2, 0.25) is 0 Å². The summed E-state index contributed by atoms with van der Waals surface area (Å²) in [7, 11) is 0. The van der Waals surface area contributed by atoms with Gasteiger partial charge in [-0.25, -0.2) is 4.79 Å². The zero-order valence-corrected chi connectivity index (χ0v) is 24.3. The Balaban J connectivity index is 1.47. The van der Waals surface area contributed by atoms with Gasteiger partial charge in [-0.05, 0) is 88.2 Å². The molecule has 7 nitrogen and oxygen atoms in total. The fraction of sp³-hybridized carbons (Fsp3) is 0.719. The second-order valence-electron chi connectivity index (χ2n) is 12.8. The van der Waals surface area contributed by atoms with Crippen LogP contribution in [0, 0.1) is 17.8 Å². The van der Waals surface area contributed by atoms with Crippen LogP contribution >= 0.6 is 0 Å². The Morgan fingerprint density at radius 2 is 1.51 bits per heavy atom. The van der Waals surface area contributed by atoms with Crippen LogP contribution in [0.3, 0.4) is 0 Å². The van der Waals surface area contributed by atoms with E-state index in [0.717, 1.165) is 43.4 Å². The predicted molar refractivity (Wildman–Crippen MR) is 155 cm³/mol. The first kappa shape index (κ1) is 28.1. The van der Waals surface area contributed by atoms with Crippen molar-refractivity contribution in [2.45, 2.75) is 123 Å². The predicted octanol–water partition coefficient (Wildman–Crippen LogP) is 5.53. The van der Waals surface area contributed by atoms with Crippen molar-refractivity contribution in [3.05, 3.63) is 45.1 Å². The molecule has 3 unspecified atom stereocenters. The number of benzene rings is 1. The number of ether oxygens (including phenoxy) is 1. The molecule has 7 atom stereocenters. The molecule has 2 aliphatic heterocycles. The molecule has 3 heterocycles.